The van der Waals surface area contributed by atoms with Gasteiger partial charge in [0, 0.05) is 23.6 Å². The van der Waals surface area contributed by atoms with Crippen molar-refractivity contribution in [3.05, 3.63) is 28.2 Å². The van der Waals surface area contributed by atoms with E-state index in [-0.39, 0.29) is 18.4 Å². The topological polar surface area (TPSA) is 63.4 Å². The Hall–Kier alpha value is -0.140. The predicted octanol–water partition coefficient (Wildman–Crippen LogP) is 2.29. The maximum atomic E-state index is 12.5. The molecule has 19 heavy (non-hydrogen) atoms. The third-order valence-electron chi connectivity index (χ3n) is 3.35. The number of hydrogen-bond acceptors (Lipinski definition) is 3. The molecule has 2 N–H and O–H groups in total. The quantitative estimate of drug-likeness (QED) is 0.889. The van der Waals surface area contributed by atoms with Gasteiger partial charge in [0.15, 0.2) is 0 Å². The average molecular weight is 370 g/mol. The number of hydrogen-bond donors (Lipinski definition) is 1. The van der Waals surface area contributed by atoms with Crippen molar-refractivity contribution in [2.75, 3.05) is 13.1 Å². The van der Waals surface area contributed by atoms with Crippen LogP contribution in [0.2, 0.25) is 0 Å². The van der Waals surface area contributed by atoms with Crippen LogP contribution in [0.3, 0.4) is 0 Å². The lowest BCUT2D eigenvalue weighted by Gasteiger charge is -2.23. The molecule has 0 saturated carbocycles. The van der Waals surface area contributed by atoms with Crippen molar-refractivity contribution in [3.8, 4) is 0 Å². The molecule has 7 heteroatoms. The zero-order valence-electron chi connectivity index (χ0n) is 10.7. The van der Waals surface area contributed by atoms with Gasteiger partial charge in [0.1, 0.15) is 0 Å². The van der Waals surface area contributed by atoms with Crippen molar-refractivity contribution in [1.29, 1.82) is 0 Å². The number of rotatable bonds is 3. The molecular weight excluding hydrogens is 352 g/mol. The second-order valence-electron chi connectivity index (χ2n) is 4.56. The molecule has 1 unspecified atom stereocenters. The Bertz CT molecular complexity index is 551. The number of aryl methyl sites for hydroxylation is 1. The highest BCUT2D eigenvalue weighted by Gasteiger charge is 2.34. The summed E-state index contributed by atoms with van der Waals surface area (Å²) in [6.45, 7) is 2.88. The Morgan fingerprint density at radius 3 is 2.74 bits per heavy atom. The largest absolute Gasteiger partial charge is 0.329 e. The molecule has 2 rings (SSSR count). The van der Waals surface area contributed by atoms with E-state index in [1.165, 1.54) is 4.31 Å². The van der Waals surface area contributed by atoms with Crippen LogP contribution in [0.25, 0.3) is 0 Å². The van der Waals surface area contributed by atoms with E-state index in [2.05, 4.69) is 15.9 Å². The number of halogens is 2. The first-order chi connectivity index (χ1) is 8.46. The molecule has 0 radical (unpaired) electrons. The summed E-state index contributed by atoms with van der Waals surface area (Å²) in [7, 11) is -3.42. The molecule has 1 aliphatic rings. The van der Waals surface area contributed by atoms with E-state index in [0.29, 0.717) is 18.0 Å². The summed E-state index contributed by atoms with van der Waals surface area (Å²) < 4.78 is 27.4. The molecule has 1 heterocycles. The Morgan fingerprint density at radius 1 is 1.47 bits per heavy atom. The molecule has 0 bridgehead atoms. The molecule has 0 aromatic heterocycles. The third kappa shape index (κ3) is 3.31. The summed E-state index contributed by atoms with van der Waals surface area (Å²) in [5.41, 5.74) is 6.66. The summed E-state index contributed by atoms with van der Waals surface area (Å²) in [4.78, 5) is 0.334. The second-order valence-corrected chi connectivity index (χ2v) is 7.30. The molecule has 1 aromatic carbocycles. The van der Waals surface area contributed by atoms with E-state index in [1.54, 1.807) is 12.1 Å². The SMILES string of the molecule is Cc1ccc(S(=O)(=O)N2CCCC2CN)cc1Br.Cl. The Balaban J connectivity index is 0.00000180. The van der Waals surface area contributed by atoms with Crippen molar-refractivity contribution in [2.24, 2.45) is 5.73 Å². The summed E-state index contributed by atoms with van der Waals surface area (Å²) in [5, 5.41) is 0. The first kappa shape index (κ1) is 16.9. The summed E-state index contributed by atoms with van der Waals surface area (Å²) in [5.74, 6) is 0. The van der Waals surface area contributed by atoms with Gasteiger partial charge < -0.3 is 5.73 Å². The van der Waals surface area contributed by atoms with Crippen molar-refractivity contribution < 1.29 is 8.42 Å². The molecule has 0 amide bonds. The Kier molecular flexibility index (Phi) is 5.82. The van der Waals surface area contributed by atoms with Crippen LogP contribution in [0.15, 0.2) is 27.6 Å². The van der Waals surface area contributed by atoms with Crippen LogP contribution in [0.4, 0.5) is 0 Å². The number of sulfonamides is 1. The van der Waals surface area contributed by atoms with Crippen molar-refractivity contribution >= 4 is 38.4 Å². The van der Waals surface area contributed by atoms with Crippen LogP contribution in [0.5, 0.6) is 0 Å². The van der Waals surface area contributed by atoms with Crippen LogP contribution in [0, 0.1) is 6.92 Å². The van der Waals surface area contributed by atoms with Gasteiger partial charge in [-0.1, -0.05) is 22.0 Å². The lowest BCUT2D eigenvalue weighted by molar-refractivity contribution is 0.393. The molecular formula is C12H18BrClN2O2S. The Labute approximate surface area is 128 Å². The van der Waals surface area contributed by atoms with Crippen LogP contribution in [-0.4, -0.2) is 31.9 Å². The average Bonchev–Trinajstić information content (AvgIpc) is 2.81. The zero-order chi connectivity index (χ0) is 13.3. The van der Waals surface area contributed by atoms with Crippen molar-refractivity contribution in [3.63, 3.8) is 0 Å². The van der Waals surface area contributed by atoms with Crippen LogP contribution < -0.4 is 5.73 Å². The fraction of sp³-hybridized carbons (Fsp3) is 0.500. The molecule has 0 aliphatic carbocycles. The van der Waals surface area contributed by atoms with E-state index < -0.39 is 10.0 Å². The van der Waals surface area contributed by atoms with Gasteiger partial charge in [-0.2, -0.15) is 4.31 Å². The summed E-state index contributed by atoms with van der Waals surface area (Å²) in [6, 6.07) is 5.07. The smallest absolute Gasteiger partial charge is 0.243 e. The van der Waals surface area contributed by atoms with Crippen LogP contribution in [0.1, 0.15) is 18.4 Å². The van der Waals surface area contributed by atoms with Gasteiger partial charge in [-0.05, 0) is 37.5 Å². The highest BCUT2D eigenvalue weighted by Crippen LogP contribution is 2.28. The number of nitrogens with zero attached hydrogens (tertiary/aromatic N) is 1. The van der Waals surface area contributed by atoms with Gasteiger partial charge in [-0.3, -0.25) is 0 Å². The minimum Gasteiger partial charge on any atom is -0.329 e. The highest BCUT2D eigenvalue weighted by molar-refractivity contribution is 9.10. The minimum absolute atomic E-state index is 0. The van der Waals surface area contributed by atoms with E-state index in [1.807, 2.05) is 13.0 Å². The standard InChI is InChI=1S/C12H17BrN2O2S.ClH/c1-9-4-5-11(7-12(9)13)18(16,17)15-6-2-3-10(15)8-14;/h4-5,7,10H,2-3,6,8,14H2,1H3;1H. The van der Waals surface area contributed by atoms with Gasteiger partial charge >= 0.3 is 0 Å². The first-order valence-corrected chi connectivity index (χ1v) is 8.18. The maximum Gasteiger partial charge on any atom is 0.243 e. The van der Waals surface area contributed by atoms with E-state index in [9.17, 15) is 8.42 Å². The number of nitrogens with two attached hydrogens (primary N) is 1. The molecule has 0 spiro atoms. The Morgan fingerprint density at radius 2 is 2.16 bits per heavy atom. The zero-order valence-corrected chi connectivity index (χ0v) is 13.9. The summed E-state index contributed by atoms with van der Waals surface area (Å²) in [6.07, 6.45) is 1.73. The van der Waals surface area contributed by atoms with Crippen molar-refractivity contribution in [2.45, 2.75) is 30.7 Å². The lowest BCUT2D eigenvalue weighted by Crippen LogP contribution is -2.39. The minimum atomic E-state index is -3.42. The molecule has 1 atom stereocenters. The first-order valence-electron chi connectivity index (χ1n) is 5.95. The molecule has 1 aliphatic heterocycles. The highest BCUT2D eigenvalue weighted by atomic mass is 79.9. The monoisotopic (exact) mass is 368 g/mol. The van der Waals surface area contributed by atoms with Crippen molar-refractivity contribution in [1.82, 2.24) is 4.31 Å². The molecule has 1 saturated heterocycles. The van der Waals surface area contributed by atoms with Gasteiger partial charge in [0.25, 0.3) is 0 Å². The van der Waals surface area contributed by atoms with Crippen LogP contribution >= 0.6 is 28.3 Å². The van der Waals surface area contributed by atoms with E-state index in [0.717, 1.165) is 22.9 Å². The molecule has 4 nitrogen and oxygen atoms in total. The maximum absolute atomic E-state index is 12.5. The van der Waals surface area contributed by atoms with Gasteiger partial charge in [0.2, 0.25) is 10.0 Å². The fourth-order valence-electron chi connectivity index (χ4n) is 2.23. The second kappa shape index (κ2) is 6.54. The predicted molar refractivity (Wildman–Crippen MR) is 82.1 cm³/mol. The van der Waals surface area contributed by atoms with E-state index in [4.69, 9.17) is 5.73 Å². The van der Waals surface area contributed by atoms with Gasteiger partial charge in [-0.15, -0.1) is 12.4 Å². The molecule has 108 valence electrons. The van der Waals surface area contributed by atoms with Gasteiger partial charge in [-0.25, -0.2) is 8.42 Å². The fourth-order valence-corrected chi connectivity index (χ4v) is 4.49. The third-order valence-corrected chi connectivity index (χ3v) is 6.15. The molecule has 1 aromatic rings. The lowest BCUT2D eigenvalue weighted by atomic mass is 10.2. The van der Waals surface area contributed by atoms with Gasteiger partial charge in [0.05, 0.1) is 4.90 Å². The normalized spacial score (nSPS) is 20.3. The number of benzene rings is 1. The summed E-state index contributed by atoms with van der Waals surface area (Å²) >= 11 is 3.37. The van der Waals surface area contributed by atoms with Crippen LogP contribution in [-0.2, 0) is 10.0 Å². The van der Waals surface area contributed by atoms with E-state index >= 15 is 0 Å². The molecule has 1 fully saturated rings.